The minimum atomic E-state index is -0.344. The van der Waals surface area contributed by atoms with E-state index in [1.165, 1.54) is 6.33 Å². The molecule has 0 radical (unpaired) electrons. The maximum atomic E-state index is 11.3. The largest absolute Gasteiger partial charge is 0.380 e. The van der Waals surface area contributed by atoms with Gasteiger partial charge in [0.15, 0.2) is 5.82 Å². The molecule has 0 aliphatic carbocycles. The first kappa shape index (κ1) is 14.0. The fourth-order valence-electron chi connectivity index (χ4n) is 1.30. The van der Waals surface area contributed by atoms with Crippen molar-refractivity contribution < 1.29 is 4.74 Å². The van der Waals surface area contributed by atoms with Crippen LogP contribution in [0, 0.1) is 5.92 Å². The van der Waals surface area contributed by atoms with Crippen LogP contribution in [0.3, 0.4) is 0 Å². The van der Waals surface area contributed by atoms with Crippen LogP contribution in [0.4, 0.5) is 5.82 Å². The molecule has 0 saturated carbocycles. The van der Waals surface area contributed by atoms with Gasteiger partial charge in [-0.05, 0) is 12.8 Å². The number of halogens is 1. The van der Waals surface area contributed by atoms with Crippen LogP contribution in [0.2, 0.25) is 5.02 Å². The van der Waals surface area contributed by atoms with Crippen LogP contribution < -0.4 is 10.9 Å². The lowest BCUT2D eigenvalue weighted by atomic mass is 10.1. The van der Waals surface area contributed by atoms with Gasteiger partial charge in [-0.3, -0.25) is 4.79 Å². The molecule has 0 amide bonds. The van der Waals surface area contributed by atoms with Crippen LogP contribution in [0.5, 0.6) is 0 Å². The van der Waals surface area contributed by atoms with Gasteiger partial charge in [-0.15, -0.1) is 0 Å². The molecule has 1 aromatic rings. The summed E-state index contributed by atoms with van der Waals surface area (Å²) in [5.74, 6) is 0.743. The fourth-order valence-corrected chi connectivity index (χ4v) is 1.46. The highest BCUT2D eigenvalue weighted by molar-refractivity contribution is 6.32. The van der Waals surface area contributed by atoms with E-state index >= 15 is 0 Å². The summed E-state index contributed by atoms with van der Waals surface area (Å²) in [5.41, 5.74) is -0.344. The maximum Gasteiger partial charge on any atom is 0.271 e. The lowest BCUT2D eigenvalue weighted by molar-refractivity contribution is 0.126. The van der Waals surface area contributed by atoms with Gasteiger partial charge in [0.25, 0.3) is 5.56 Å². The molecule has 17 heavy (non-hydrogen) atoms. The first-order valence-corrected chi connectivity index (χ1v) is 6.01. The topological polar surface area (TPSA) is 67.0 Å². The second-order valence-corrected chi connectivity index (χ2v) is 4.43. The molecule has 2 N–H and O–H groups in total. The molecular formula is C11H18ClN3O2. The van der Waals surface area contributed by atoms with E-state index in [0.29, 0.717) is 24.9 Å². The number of aromatic nitrogens is 2. The van der Waals surface area contributed by atoms with E-state index in [9.17, 15) is 4.79 Å². The number of ether oxygens (including phenoxy) is 1. The molecule has 1 heterocycles. The minimum absolute atomic E-state index is 0.0711. The highest BCUT2D eigenvalue weighted by Gasteiger charge is 2.16. The Morgan fingerprint density at radius 3 is 2.88 bits per heavy atom. The van der Waals surface area contributed by atoms with Crippen molar-refractivity contribution in [2.24, 2.45) is 5.92 Å². The van der Waals surface area contributed by atoms with Crippen LogP contribution in [0.1, 0.15) is 20.8 Å². The SMILES string of the molecule is CCOCC(Nc1nc[nH]c(=O)c1Cl)C(C)C. The minimum Gasteiger partial charge on any atom is -0.380 e. The Hall–Kier alpha value is -1.07. The highest BCUT2D eigenvalue weighted by atomic mass is 35.5. The fraction of sp³-hybridized carbons (Fsp3) is 0.636. The Morgan fingerprint density at radius 1 is 1.59 bits per heavy atom. The Kier molecular flexibility index (Phi) is 5.44. The maximum absolute atomic E-state index is 11.3. The molecule has 1 unspecified atom stereocenters. The number of aromatic amines is 1. The average molecular weight is 260 g/mol. The monoisotopic (exact) mass is 259 g/mol. The summed E-state index contributed by atoms with van der Waals surface area (Å²) < 4.78 is 5.38. The zero-order chi connectivity index (χ0) is 12.8. The lowest BCUT2D eigenvalue weighted by Crippen LogP contribution is -2.32. The number of H-pyrrole nitrogens is 1. The Balaban J connectivity index is 2.78. The van der Waals surface area contributed by atoms with Gasteiger partial charge < -0.3 is 15.0 Å². The van der Waals surface area contributed by atoms with Crippen LogP contribution in [0.25, 0.3) is 0 Å². The van der Waals surface area contributed by atoms with E-state index in [-0.39, 0.29) is 16.6 Å². The summed E-state index contributed by atoms with van der Waals surface area (Å²) in [7, 11) is 0. The van der Waals surface area contributed by atoms with Crippen LogP contribution in [-0.4, -0.2) is 29.2 Å². The standard InChI is InChI=1S/C11H18ClN3O2/c1-4-17-5-8(7(2)3)15-10-9(12)11(16)14-6-13-10/h6-8H,4-5H2,1-3H3,(H2,13,14,15,16). The van der Waals surface area contributed by atoms with Gasteiger partial charge in [0, 0.05) is 6.61 Å². The molecule has 1 rings (SSSR count). The predicted octanol–water partition coefficient (Wildman–Crippen LogP) is 1.90. The molecule has 0 bridgehead atoms. The second kappa shape index (κ2) is 6.61. The van der Waals surface area contributed by atoms with Gasteiger partial charge in [-0.2, -0.15) is 0 Å². The smallest absolute Gasteiger partial charge is 0.271 e. The zero-order valence-electron chi connectivity index (χ0n) is 10.3. The predicted molar refractivity (Wildman–Crippen MR) is 68.6 cm³/mol. The van der Waals surface area contributed by atoms with E-state index in [0.717, 1.165) is 0 Å². The zero-order valence-corrected chi connectivity index (χ0v) is 11.0. The van der Waals surface area contributed by atoms with Crippen molar-refractivity contribution in [1.29, 1.82) is 0 Å². The summed E-state index contributed by atoms with van der Waals surface area (Å²) in [4.78, 5) is 17.7. The molecular weight excluding hydrogens is 242 g/mol. The van der Waals surface area contributed by atoms with Gasteiger partial charge in [0.05, 0.1) is 19.0 Å². The van der Waals surface area contributed by atoms with E-state index in [4.69, 9.17) is 16.3 Å². The van der Waals surface area contributed by atoms with Gasteiger partial charge in [0.1, 0.15) is 5.02 Å². The van der Waals surface area contributed by atoms with Crippen LogP contribution in [0.15, 0.2) is 11.1 Å². The third-order valence-electron chi connectivity index (χ3n) is 2.42. The van der Waals surface area contributed by atoms with Crippen molar-refractivity contribution in [1.82, 2.24) is 9.97 Å². The quantitative estimate of drug-likeness (QED) is 0.819. The molecule has 5 nitrogen and oxygen atoms in total. The summed E-state index contributed by atoms with van der Waals surface area (Å²) in [5, 5.41) is 3.21. The van der Waals surface area contributed by atoms with E-state index in [2.05, 4.69) is 29.1 Å². The van der Waals surface area contributed by atoms with Crippen molar-refractivity contribution in [3.63, 3.8) is 0 Å². The summed E-state index contributed by atoms with van der Waals surface area (Å²) >= 11 is 5.87. The highest BCUT2D eigenvalue weighted by Crippen LogP contribution is 2.16. The first-order chi connectivity index (χ1) is 8.06. The van der Waals surface area contributed by atoms with E-state index in [1.54, 1.807) is 0 Å². The Labute approximate surface area is 106 Å². The second-order valence-electron chi connectivity index (χ2n) is 4.05. The van der Waals surface area contributed by atoms with Crippen LogP contribution >= 0.6 is 11.6 Å². The van der Waals surface area contributed by atoms with E-state index in [1.807, 2.05) is 6.92 Å². The number of nitrogens with zero attached hydrogens (tertiary/aromatic N) is 1. The third kappa shape index (κ3) is 4.02. The average Bonchev–Trinajstić information content (AvgIpc) is 2.29. The van der Waals surface area contributed by atoms with Gasteiger partial charge >= 0.3 is 0 Å². The van der Waals surface area contributed by atoms with Crippen molar-refractivity contribution in [3.05, 3.63) is 21.7 Å². The molecule has 1 atom stereocenters. The number of anilines is 1. The summed E-state index contributed by atoms with van der Waals surface area (Å²) in [6.07, 6.45) is 1.33. The van der Waals surface area contributed by atoms with Crippen molar-refractivity contribution in [2.45, 2.75) is 26.8 Å². The molecule has 6 heteroatoms. The molecule has 0 aliphatic heterocycles. The molecule has 0 saturated heterocycles. The van der Waals surface area contributed by atoms with E-state index < -0.39 is 0 Å². The van der Waals surface area contributed by atoms with Gasteiger partial charge in [0.2, 0.25) is 0 Å². The molecule has 96 valence electrons. The third-order valence-corrected chi connectivity index (χ3v) is 2.78. The van der Waals surface area contributed by atoms with Crippen LogP contribution in [-0.2, 0) is 4.74 Å². The number of hydrogen-bond acceptors (Lipinski definition) is 4. The molecule has 0 spiro atoms. The first-order valence-electron chi connectivity index (χ1n) is 5.63. The molecule has 0 fully saturated rings. The number of nitrogens with one attached hydrogen (secondary N) is 2. The lowest BCUT2D eigenvalue weighted by Gasteiger charge is -2.22. The molecule has 1 aromatic heterocycles. The van der Waals surface area contributed by atoms with Gasteiger partial charge in [-0.1, -0.05) is 25.4 Å². The van der Waals surface area contributed by atoms with Crippen molar-refractivity contribution in [2.75, 3.05) is 18.5 Å². The normalized spacial score (nSPS) is 12.8. The number of hydrogen-bond donors (Lipinski definition) is 2. The molecule has 0 aromatic carbocycles. The number of rotatable bonds is 6. The molecule has 0 aliphatic rings. The Bertz CT molecular complexity index is 406. The van der Waals surface area contributed by atoms with Gasteiger partial charge in [-0.25, -0.2) is 4.98 Å². The Morgan fingerprint density at radius 2 is 2.29 bits per heavy atom. The summed E-state index contributed by atoms with van der Waals surface area (Å²) in [6, 6.07) is 0.0711. The summed E-state index contributed by atoms with van der Waals surface area (Å²) in [6.45, 7) is 7.28. The van der Waals surface area contributed by atoms with Crippen molar-refractivity contribution >= 4 is 17.4 Å². The van der Waals surface area contributed by atoms with Crippen molar-refractivity contribution in [3.8, 4) is 0 Å².